The summed E-state index contributed by atoms with van der Waals surface area (Å²) in [6.45, 7) is 4.11. The molecule has 1 unspecified atom stereocenters. The van der Waals surface area contributed by atoms with Crippen molar-refractivity contribution in [2.75, 3.05) is 30.9 Å². The highest BCUT2D eigenvalue weighted by Crippen LogP contribution is 2.34. The maximum atomic E-state index is 11.9. The van der Waals surface area contributed by atoms with Crippen molar-refractivity contribution < 1.29 is 13.2 Å². The number of aromatic nitrogens is 1. The summed E-state index contributed by atoms with van der Waals surface area (Å²) >= 11 is 0. The predicted octanol–water partition coefficient (Wildman–Crippen LogP) is 3.88. The van der Waals surface area contributed by atoms with Gasteiger partial charge in [0.2, 0.25) is 10.0 Å². The van der Waals surface area contributed by atoms with Gasteiger partial charge in [0.05, 0.1) is 19.0 Å². The molecule has 1 aliphatic carbocycles. The van der Waals surface area contributed by atoms with E-state index in [0.29, 0.717) is 12.5 Å². The molecule has 1 aromatic carbocycles. The molecule has 0 bridgehead atoms. The summed E-state index contributed by atoms with van der Waals surface area (Å²) in [6.07, 6.45) is 8.52. The Morgan fingerprint density at radius 2 is 1.81 bits per heavy atom. The Balaban J connectivity index is 1.35. The molecule has 1 aliphatic heterocycles. The Morgan fingerprint density at radius 3 is 2.47 bits per heavy atom. The first-order chi connectivity index (χ1) is 15.4. The smallest absolute Gasteiger partial charge is 0.208 e. The van der Waals surface area contributed by atoms with Gasteiger partial charge in [-0.1, -0.05) is 36.4 Å². The van der Waals surface area contributed by atoms with Crippen LogP contribution >= 0.6 is 0 Å². The molecule has 1 saturated heterocycles. The maximum absolute atomic E-state index is 11.9. The van der Waals surface area contributed by atoms with Crippen molar-refractivity contribution >= 4 is 15.8 Å². The number of benzene rings is 1. The van der Waals surface area contributed by atoms with Crippen molar-refractivity contribution in [3.8, 4) is 0 Å². The first-order valence-corrected chi connectivity index (χ1v) is 13.6. The van der Waals surface area contributed by atoms with E-state index >= 15 is 0 Å². The first kappa shape index (κ1) is 23.2. The van der Waals surface area contributed by atoms with E-state index in [0.717, 1.165) is 56.6 Å². The number of rotatable bonds is 7. The summed E-state index contributed by atoms with van der Waals surface area (Å²) in [6, 6.07) is 14.8. The molecular formula is C25H35N3O3S. The minimum absolute atomic E-state index is 0.0911. The maximum Gasteiger partial charge on any atom is 0.208 e. The average Bonchev–Trinajstić information content (AvgIpc) is 2.79. The third-order valence-electron chi connectivity index (χ3n) is 6.81. The monoisotopic (exact) mass is 457 g/mol. The van der Waals surface area contributed by atoms with E-state index in [2.05, 4.69) is 51.0 Å². The van der Waals surface area contributed by atoms with Gasteiger partial charge >= 0.3 is 0 Å². The second kappa shape index (κ2) is 10.3. The van der Waals surface area contributed by atoms with E-state index in [9.17, 15) is 8.42 Å². The van der Waals surface area contributed by atoms with Gasteiger partial charge in [-0.15, -0.1) is 0 Å². The molecular weight excluding hydrogens is 422 g/mol. The van der Waals surface area contributed by atoms with Crippen LogP contribution in [0.2, 0.25) is 0 Å². The molecule has 0 amide bonds. The number of nitrogens with one attached hydrogen (secondary N) is 1. The highest BCUT2D eigenvalue weighted by molar-refractivity contribution is 7.88. The number of hydrogen-bond acceptors (Lipinski definition) is 5. The molecule has 2 atom stereocenters. The lowest BCUT2D eigenvalue weighted by atomic mass is 9.82. The van der Waals surface area contributed by atoms with E-state index in [-0.39, 0.29) is 18.1 Å². The molecule has 1 saturated carbocycles. The second-order valence-electron chi connectivity index (χ2n) is 9.40. The van der Waals surface area contributed by atoms with Crippen molar-refractivity contribution in [1.29, 1.82) is 0 Å². The minimum Gasteiger partial charge on any atom is -0.378 e. The Morgan fingerprint density at radius 1 is 1.06 bits per heavy atom. The van der Waals surface area contributed by atoms with Gasteiger partial charge in [0.25, 0.3) is 0 Å². The van der Waals surface area contributed by atoms with Crippen LogP contribution in [-0.4, -0.2) is 51.5 Å². The normalized spacial score (nSPS) is 26.8. The number of hydrogen-bond donors (Lipinski definition) is 1. The lowest BCUT2D eigenvalue weighted by Gasteiger charge is -2.40. The van der Waals surface area contributed by atoms with Crippen LogP contribution in [0, 0.1) is 12.8 Å². The molecule has 174 valence electrons. The van der Waals surface area contributed by atoms with Crippen LogP contribution < -0.4 is 9.62 Å². The molecule has 4 rings (SSSR count). The van der Waals surface area contributed by atoms with Gasteiger partial charge in [0, 0.05) is 31.2 Å². The summed E-state index contributed by atoms with van der Waals surface area (Å²) in [5.74, 6) is 1.66. The van der Waals surface area contributed by atoms with Crippen LogP contribution in [0.1, 0.15) is 49.1 Å². The number of sulfonamides is 1. The Hall–Kier alpha value is -1.96. The number of aryl methyl sites for hydroxylation is 1. The summed E-state index contributed by atoms with van der Waals surface area (Å²) in [5, 5.41) is 0. The molecule has 6 nitrogen and oxygen atoms in total. The number of anilines is 1. The average molecular weight is 458 g/mol. The number of pyridine rings is 1. The summed E-state index contributed by atoms with van der Waals surface area (Å²) in [7, 11) is -3.27. The van der Waals surface area contributed by atoms with Gasteiger partial charge in [-0.05, 0) is 62.1 Å². The zero-order valence-electron chi connectivity index (χ0n) is 19.1. The van der Waals surface area contributed by atoms with E-state index < -0.39 is 10.0 Å². The fraction of sp³-hybridized carbons (Fsp3) is 0.560. The van der Waals surface area contributed by atoms with Gasteiger partial charge in [-0.3, -0.25) is 0 Å². The fourth-order valence-corrected chi connectivity index (χ4v) is 5.89. The second-order valence-corrected chi connectivity index (χ2v) is 11.2. The molecule has 0 spiro atoms. The van der Waals surface area contributed by atoms with Crippen LogP contribution in [0.3, 0.4) is 0 Å². The van der Waals surface area contributed by atoms with Crippen LogP contribution in [0.4, 0.5) is 5.82 Å². The van der Waals surface area contributed by atoms with Gasteiger partial charge < -0.3 is 9.64 Å². The molecule has 0 radical (unpaired) electrons. The van der Waals surface area contributed by atoms with Crippen molar-refractivity contribution in [3.63, 3.8) is 0 Å². The van der Waals surface area contributed by atoms with E-state index in [1.165, 1.54) is 11.8 Å². The topological polar surface area (TPSA) is 71.5 Å². The van der Waals surface area contributed by atoms with Gasteiger partial charge in [-0.2, -0.15) is 0 Å². The van der Waals surface area contributed by atoms with E-state index in [4.69, 9.17) is 4.74 Å². The lowest BCUT2D eigenvalue weighted by Crippen LogP contribution is -2.52. The van der Waals surface area contributed by atoms with Crippen molar-refractivity contribution in [2.45, 2.75) is 57.1 Å². The van der Waals surface area contributed by atoms with Crippen molar-refractivity contribution in [3.05, 3.63) is 59.8 Å². The molecule has 2 fully saturated rings. The largest absolute Gasteiger partial charge is 0.378 e. The molecule has 1 N–H and O–H groups in total. The SMILES string of the molecule is Cc1ccc(N2CC[C@H](NS(C)(=O)=O)C(COC3CCC(c4ccccc4)CC3)C2)nc1. The Kier molecular flexibility index (Phi) is 7.48. The molecule has 2 aromatic rings. The number of piperidine rings is 1. The van der Waals surface area contributed by atoms with Crippen LogP contribution in [-0.2, 0) is 14.8 Å². The van der Waals surface area contributed by atoms with Gasteiger partial charge in [-0.25, -0.2) is 18.1 Å². The van der Waals surface area contributed by atoms with Crippen LogP contribution in [0.5, 0.6) is 0 Å². The van der Waals surface area contributed by atoms with Crippen LogP contribution in [0.15, 0.2) is 48.7 Å². The zero-order chi connectivity index (χ0) is 22.6. The third kappa shape index (κ3) is 6.30. The van der Waals surface area contributed by atoms with Crippen LogP contribution in [0.25, 0.3) is 0 Å². The van der Waals surface area contributed by atoms with Crippen molar-refractivity contribution in [2.24, 2.45) is 5.92 Å². The van der Waals surface area contributed by atoms with Crippen molar-refractivity contribution in [1.82, 2.24) is 9.71 Å². The predicted molar refractivity (Wildman–Crippen MR) is 128 cm³/mol. The van der Waals surface area contributed by atoms with Gasteiger partial charge in [0.15, 0.2) is 0 Å². The number of nitrogens with zero attached hydrogens (tertiary/aromatic N) is 2. The Labute approximate surface area is 192 Å². The first-order valence-electron chi connectivity index (χ1n) is 11.7. The standard InChI is InChI=1S/C25H35N3O3S/c1-19-8-13-25(26-16-19)28-15-14-24(27-32(2,29)30)22(17-28)18-31-23-11-9-21(10-12-23)20-6-4-3-5-7-20/h3-8,13,16,21-24,27H,9-12,14-15,17-18H2,1-2H3/t21?,22?,23?,24-/m0/s1. The highest BCUT2D eigenvalue weighted by Gasteiger charge is 2.33. The number of ether oxygens (including phenoxy) is 1. The summed E-state index contributed by atoms with van der Waals surface area (Å²) < 4.78 is 33.1. The third-order valence-corrected chi connectivity index (χ3v) is 7.54. The minimum atomic E-state index is -3.27. The molecule has 2 heterocycles. The summed E-state index contributed by atoms with van der Waals surface area (Å²) in [5.41, 5.74) is 2.56. The van der Waals surface area contributed by atoms with Gasteiger partial charge in [0.1, 0.15) is 5.82 Å². The van der Waals surface area contributed by atoms with E-state index in [1.54, 1.807) is 0 Å². The lowest BCUT2D eigenvalue weighted by molar-refractivity contribution is -0.00213. The highest BCUT2D eigenvalue weighted by atomic mass is 32.2. The zero-order valence-corrected chi connectivity index (χ0v) is 19.9. The fourth-order valence-electron chi connectivity index (χ4n) is 5.03. The van der Waals surface area contributed by atoms with E-state index in [1.807, 2.05) is 19.2 Å². The quantitative estimate of drug-likeness (QED) is 0.683. The molecule has 2 aliphatic rings. The Bertz CT molecular complexity index is 958. The molecule has 32 heavy (non-hydrogen) atoms. The molecule has 1 aromatic heterocycles. The molecule has 7 heteroatoms. The summed E-state index contributed by atoms with van der Waals surface area (Å²) in [4.78, 5) is 6.82.